The largest absolute Gasteiger partial charge is 0.493 e. The molecule has 1 fully saturated rings. The van der Waals surface area contributed by atoms with Crippen LogP contribution in [0, 0.1) is 5.92 Å². The second-order valence-corrected chi connectivity index (χ2v) is 9.52. The van der Waals surface area contributed by atoms with Crippen LogP contribution in [0.4, 0.5) is 4.79 Å². The van der Waals surface area contributed by atoms with Gasteiger partial charge in [0.15, 0.2) is 5.16 Å². The minimum Gasteiger partial charge on any atom is -0.493 e. The van der Waals surface area contributed by atoms with Gasteiger partial charge in [-0.25, -0.2) is 9.78 Å². The van der Waals surface area contributed by atoms with E-state index in [1.54, 1.807) is 47.1 Å². The fourth-order valence-corrected chi connectivity index (χ4v) is 4.72. The Morgan fingerprint density at radius 2 is 1.69 bits per heavy atom. The van der Waals surface area contributed by atoms with Gasteiger partial charge in [-0.2, -0.15) is 0 Å². The van der Waals surface area contributed by atoms with E-state index in [9.17, 15) is 9.59 Å². The van der Waals surface area contributed by atoms with E-state index in [-0.39, 0.29) is 12.5 Å². The minimum atomic E-state index is -0.850. The van der Waals surface area contributed by atoms with E-state index in [1.807, 2.05) is 42.1 Å². The topological polar surface area (TPSA) is 93.9 Å². The third-order valence-electron chi connectivity index (χ3n) is 5.91. The number of likely N-dealkylation sites (tertiary alicyclic amines) is 1. The maximum Gasteiger partial charge on any atom is 0.415 e. The zero-order chi connectivity index (χ0) is 24.6. The third kappa shape index (κ3) is 7.26. The summed E-state index contributed by atoms with van der Waals surface area (Å²) in [6.07, 6.45) is 5.07. The van der Waals surface area contributed by atoms with Crippen LogP contribution >= 0.6 is 11.8 Å². The van der Waals surface area contributed by atoms with E-state index >= 15 is 0 Å². The summed E-state index contributed by atoms with van der Waals surface area (Å²) in [6.45, 7) is 1.82. The highest BCUT2D eigenvalue weighted by Crippen LogP contribution is 2.24. The molecule has 0 saturated carbocycles. The van der Waals surface area contributed by atoms with Gasteiger partial charge in [0, 0.05) is 38.3 Å². The smallest absolute Gasteiger partial charge is 0.415 e. The van der Waals surface area contributed by atoms with Crippen molar-refractivity contribution in [1.29, 1.82) is 0 Å². The van der Waals surface area contributed by atoms with E-state index in [1.165, 1.54) is 0 Å². The molecule has 0 aliphatic carbocycles. The quantitative estimate of drug-likeness (QED) is 0.433. The monoisotopic (exact) mass is 495 g/mol. The van der Waals surface area contributed by atoms with Gasteiger partial charge in [-0.3, -0.25) is 4.79 Å². The molecule has 2 heterocycles. The first-order valence-corrected chi connectivity index (χ1v) is 12.5. The summed E-state index contributed by atoms with van der Waals surface area (Å²) in [5, 5.41) is 9.81. The Morgan fingerprint density at radius 1 is 1.03 bits per heavy atom. The maximum absolute atomic E-state index is 12.6. The first-order valence-electron chi connectivity index (χ1n) is 11.6. The Kier molecular flexibility index (Phi) is 8.31. The highest BCUT2D eigenvalue weighted by molar-refractivity contribution is 7.98. The molecule has 1 aliphatic rings. The SMILES string of the molecule is Cn1ccnc1SCc1ccc(OC(=O)N2CCC(COc3ccc(CC(=O)O)cc3)CC2)cc1. The first kappa shape index (κ1) is 24.7. The van der Waals surface area contributed by atoms with E-state index in [0.29, 0.717) is 31.4 Å². The van der Waals surface area contributed by atoms with Crippen molar-refractivity contribution in [2.45, 2.75) is 30.2 Å². The zero-order valence-corrected chi connectivity index (χ0v) is 20.4. The predicted molar refractivity (Wildman–Crippen MR) is 133 cm³/mol. The summed E-state index contributed by atoms with van der Waals surface area (Å²) in [4.78, 5) is 29.4. The molecule has 1 saturated heterocycles. The molecule has 9 heteroatoms. The number of imidazole rings is 1. The second kappa shape index (κ2) is 11.8. The molecule has 184 valence electrons. The number of carbonyl (C=O) groups is 2. The number of carboxylic acids is 1. The number of aliphatic carboxylic acids is 1. The molecule has 1 amide bonds. The lowest BCUT2D eigenvalue weighted by Crippen LogP contribution is -2.41. The molecule has 0 spiro atoms. The number of carboxylic acid groups (broad SMARTS) is 1. The van der Waals surface area contributed by atoms with E-state index in [4.69, 9.17) is 14.6 Å². The number of aryl methyl sites for hydroxylation is 1. The van der Waals surface area contributed by atoms with Crippen LogP contribution in [0.25, 0.3) is 0 Å². The molecular formula is C26H29N3O5S. The summed E-state index contributed by atoms with van der Waals surface area (Å²) in [6, 6.07) is 14.7. The number of nitrogens with zero attached hydrogens (tertiary/aromatic N) is 3. The number of aromatic nitrogens is 2. The van der Waals surface area contributed by atoms with Crippen LogP contribution in [0.15, 0.2) is 66.1 Å². The predicted octanol–water partition coefficient (Wildman–Crippen LogP) is 4.63. The standard InChI is InChI=1S/C26H29N3O5S/c1-28-15-12-27-25(28)35-18-21-4-8-23(9-5-21)34-26(32)29-13-10-20(11-14-29)17-33-22-6-2-19(3-7-22)16-24(30)31/h2-9,12,15,20H,10-11,13-14,16-18H2,1H3,(H,30,31). The van der Waals surface area contributed by atoms with Gasteiger partial charge < -0.3 is 24.0 Å². The van der Waals surface area contributed by atoms with Crippen LogP contribution in [0.1, 0.15) is 24.0 Å². The molecule has 8 nitrogen and oxygen atoms in total. The lowest BCUT2D eigenvalue weighted by Gasteiger charge is -2.31. The van der Waals surface area contributed by atoms with Crippen LogP contribution in [-0.4, -0.2) is 51.3 Å². The van der Waals surface area contributed by atoms with Gasteiger partial charge in [0.05, 0.1) is 13.0 Å². The van der Waals surface area contributed by atoms with Crippen molar-refractivity contribution in [3.63, 3.8) is 0 Å². The summed E-state index contributed by atoms with van der Waals surface area (Å²) in [5.74, 6) is 1.56. The molecule has 2 aromatic carbocycles. The van der Waals surface area contributed by atoms with Crippen LogP contribution in [0.3, 0.4) is 0 Å². The molecule has 0 bridgehead atoms. The zero-order valence-electron chi connectivity index (χ0n) is 19.6. The molecule has 0 unspecified atom stereocenters. The van der Waals surface area contributed by atoms with Crippen LogP contribution in [0.2, 0.25) is 0 Å². The van der Waals surface area contributed by atoms with Crippen molar-refractivity contribution in [3.8, 4) is 11.5 Å². The highest BCUT2D eigenvalue weighted by atomic mass is 32.2. The molecule has 1 aromatic heterocycles. The Morgan fingerprint density at radius 3 is 2.31 bits per heavy atom. The Bertz CT molecular complexity index is 1120. The second-order valence-electron chi connectivity index (χ2n) is 8.58. The van der Waals surface area contributed by atoms with Crippen LogP contribution < -0.4 is 9.47 Å². The molecular weight excluding hydrogens is 466 g/mol. The minimum absolute atomic E-state index is 0.00391. The Labute approximate surface area is 208 Å². The van der Waals surface area contributed by atoms with Gasteiger partial charge >= 0.3 is 12.1 Å². The fraction of sp³-hybridized carbons (Fsp3) is 0.346. The first-order chi connectivity index (χ1) is 17.0. The number of hydrogen-bond acceptors (Lipinski definition) is 6. The fourth-order valence-electron chi connectivity index (χ4n) is 3.83. The number of ether oxygens (including phenoxy) is 2. The number of thioether (sulfide) groups is 1. The Hall–Kier alpha value is -3.46. The van der Waals surface area contributed by atoms with Gasteiger partial charge in [0.2, 0.25) is 0 Å². The van der Waals surface area contributed by atoms with Gasteiger partial charge in [-0.15, -0.1) is 0 Å². The van der Waals surface area contributed by atoms with Crippen LogP contribution in [0.5, 0.6) is 11.5 Å². The van der Waals surface area contributed by atoms with E-state index in [2.05, 4.69) is 4.98 Å². The van der Waals surface area contributed by atoms with Crippen molar-refractivity contribution in [2.75, 3.05) is 19.7 Å². The number of amides is 1. The third-order valence-corrected chi connectivity index (χ3v) is 7.04. The summed E-state index contributed by atoms with van der Waals surface area (Å²) in [5.41, 5.74) is 1.88. The molecule has 3 aromatic rings. The normalized spacial score (nSPS) is 14.0. The molecule has 1 aliphatic heterocycles. The van der Waals surface area contributed by atoms with E-state index in [0.717, 1.165) is 40.6 Å². The van der Waals surface area contributed by atoms with Crippen molar-refractivity contribution < 1.29 is 24.2 Å². The van der Waals surface area contributed by atoms with Gasteiger partial charge in [-0.05, 0) is 54.2 Å². The molecule has 0 radical (unpaired) electrons. The molecule has 4 rings (SSSR count). The molecule has 1 N–H and O–H groups in total. The number of piperidine rings is 1. The van der Waals surface area contributed by atoms with Crippen LogP contribution in [-0.2, 0) is 24.0 Å². The van der Waals surface area contributed by atoms with Gasteiger partial charge in [-0.1, -0.05) is 36.0 Å². The number of rotatable bonds is 9. The number of hydrogen-bond donors (Lipinski definition) is 1. The lowest BCUT2D eigenvalue weighted by atomic mass is 9.98. The molecule has 35 heavy (non-hydrogen) atoms. The maximum atomic E-state index is 12.6. The summed E-state index contributed by atoms with van der Waals surface area (Å²) < 4.78 is 13.4. The van der Waals surface area contributed by atoms with Crippen molar-refractivity contribution in [3.05, 3.63) is 72.1 Å². The van der Waals surface area contributed by atoms with Gasteiger partial charge in [0.25, 0.3) is 0 Å². The molecule has 0 atom stereocenters. The van der Waals surface area contributed by atoms with Crippen molar-refractivity contribution >= 4 is 23.8 Å². The Balaban J connectivity index is 1.17. The summed E-state index contributed by atoms with van der Waals surface area (Å²) >= 11 is 1.66. The average Bonchev–Trinajstić information content (AvgIpc) is 3.27. The lowest BCUT2D eigenvalue weighted by molar-refractivity contribution is -0.136. The number of benzene rings is 2. The van der Waals surface area contributed by atoms with Gasteiger partial charge in [0.1, 0.15) is 11.5 Å². The van der Waals surface area contributed by atoms with Crippen molar-refractivity contribution in [2.24, 2.45) is 13.0 Å². The average molecular weight is 496 g/mol. The van der Waals surface area contributed by atoms with E-state index < -0.39 is 5.97 Å². The highest BCUT2D eigenvalue weighted by Gasteiger charge is 2.24. The van der Waals surface area contributed by atoms with Crippen molar-refractivity contribution in [1.82, 2.24) is 14.5 Å². The number of carbonyl (C=O) groups excluding carboxylic acids is 1. The summed E-state index contributed by atoms with van der Waals surface area (Å²) in [7, 11) is 1.97.